The molecular weight excluding hydrogens is 271 g/mol. The number of allylic oxidation sites excluding steroid dienone is 2. The molecule has 112 valence electrons. The molecule has 20 heavy (non-hydrogen) atoms. The number of nitrogens with two attached hydrogens (primary N) is 1. The number of aliphatic imine (C=N–C) groups is 1. The molecule has 1 aromatic heterocycles. The Kier molecular flexibility index (Phi) is 7.52. The highest BCUT2D eigenvalue weighted by Crippen LogP contribution is 2.22. The van der Waals surface area contributed by atoms with Crippen molar-refractivity contribution >= 4 is 17.0 Å². The van der Waals surface area contributed by atoms with Gasteiger partial charge in [0.1, 0.15) is 0 Å². The summed E-state index contributed by atoms with van der Waals surface area (Å²) < 4.78 is 13.2. The highest BCUT2D eigenvalue weighted by atomic mass is 32.1. The molecule has 0 bridgehead atoms. The molecule has 0 saturated heterocycles. The summed E-state index contributed by atoms with van der Waals surface area (Å²) in [6, 6.07) is 2.12. The molecule has 1 heterocycles. The van der Waals surface area contributed by atoms with Crippen LogP contribution in [0.15, 0.2) is 28.2 Å². The Balaban J connectivity index is 2.87. The highest BCUT2D eigenvalue weighted by Gasteiger charge is 2.11. The number of halogens is 1. The van der Waals surface area contributed by atoms with E-state index in [0.717, 1.165) is 11.3 Å². The average Bonchev–Trinajstić information content (AvgIpc) is 2.81. The maximum atomic E-state index is 13.2. The quantitative estimate of drug-likeness (QED) is 0.416. The van der Waals surface area contributed by atoms with Crippen molar-refractivity contribution in [2.75, 3.05) is 0 Å². The maximum absolute atomic E-state index is 13.2. The molecule has 0 spiro atoms. The second kappa shape index (κ2) is 8.90. The smallest absolute Gasteiger partial charge is 0.187 e. The first-order valence-electron chi connectivity index (χ1n) is 7.27. The van der Waals surface area contributed by atoms with Crippen LogP contribution >= 0.6 is 11.3 Å². The van der Waals surface area contributed by atoms with Crippen LogP contribution in [0.5, 0.6) is 0 Å². The summed E-state index contributed by atoms with van der Waals surface area (Å²) in [5.41, 5.74) is 8.30. The normalized spacial score (nSPS) is 14.6. The Morgan fingerprint density at radius 1 is 1.45 bits per heavy atom. The van der Waals surface area contributed by atoms with Gasteiger partial charge < -0.3 is 5.73 Å². The lowest BCUT2D eigenvalue weighted by molar-refractivity contribution is 0.377. The van der Waals surface area contributed by atoms with Gasteiger partial charge >= 0.3 is 0 Å². The van der Waals surface area contributed by atoms with Crippen LogP contribution in [0.1, 0.15) is 56.9 Å². The van der Waals surface area contributed by atoms with E-state index < -0.39 is 6.30 Å². The van der Waals surface area contributed by atoms with E-state index >= 15 is 0 Å². The number of hydrogen-bond acceptors (Lipinski definition) is 3. The van der Waals surface area contributed by atoms with E-state index in [1.54, 1.807) is 24.3 Å². The molecule has 2 nitrogen and oxygen atoms in total. The molecule has 0 radical (unpaired) electrons. The van der Waals surface area contributed by atoms with Crippen LogP contribution in [0.3, 0.4) is 0 Å². The molecule has 1 rings (SSSR count). The Bertz CT molecular complexity index is 457. The van der Waals surface area contributed by atoms with Crippen molar-refractivity contribution in [3.63, 3.8) is 0 Å². The zero-order valence-electron chi connectivity index (χ0n) is 12.7. The monoisotopic (exact) mass is 296 g/mol. The predicted molar refractivity (Wildman–Crippen MR) is 87.2 cm³/mol. The fourth-order valence-corrected chi connectivity index (χ4v) is 2.99. The summed E-state index contributed by atoms with van der Waals surface area (Å²) in [4.78, 5) is 5.12. The number of aryl methyl sites for hydroxylation is 1. The van der Waals surface area contributed by atoms with Gasteiger partial charge in [-0.2, -0.15) is 0 Å². The Hall–Kier alpha value is -1.16. The first-order valence-corrected chi connectivity index (χ1v) is 8.15. The lowest BCUT2D eigenvalue weighted by Crippen LogP contribution is -2.05. The SMILES string of the molecule is CCCCCCc1ccsc1C(/C=C(/C)N)=N/C(C)F. The molecule has 0 aliphatic rings. The number of nitrogens with zero attached hydrogens (tertiary/aromatic N) is 1. The molecule has 0 amide bonds. The van der Waals surface area contributed by atoms with E-state index in [1.165, 1.54) is 38.2 Å². The average molecular weight is 296 g/mol. The number of hydrogen-bond donors (Lipinski definition) is 1. The third kappa shape index (κ3) is 5.87. The van der Waals surface area contributed by atoms with Gasteiger partial charge in [-0.05, 0) is 49.8 Å². The van der Waals surface area contributed by atoms with Crippen molar-refractivity contribution in [3.8, 4) is 0 Å². The van der Waals surface area contributed by atoms with Crippen LogP contribution in [-0.2, 0) is 6.42 Å². The lowest BCUT2D eigenvalue weighted by atomic mass is 10.0. The Morgan fingerprint density at radius 2 is 2.20 bits per heavy atom. The Morgan fingerprint density at radius 3 is 2.80 bits per heavy atom. The molecule has 0 fully saturated rings. The minimum absolute atomic E-state index is 0.648. The van der Waals surface area contributed by atoms with Gasteiger partial charge in [0.15, 0.2) is 6.30 Å². The first-order chi connectivity index (χ1) is 9.54. The van der Waals surface area contributed by atoms with Crippen LogP contribution in [0.4, 0.5) is 4.39 Å². The standard InChI is InChI=1S/C16H25FN2S/c1-4-5-6-7-8-14-9-10-20-16(14)15(11-12(2)18)19-13(3)17/h9-11,13H,4-8,18H2,1-3H3/b12-11-,19-15+. The lowest BCUT2D eigenvalue weighted by Gasteiger charge is -2.06. The molecule has 4 heteroatoms. The van der Waals surface area contributed by atoms with Crippen molar-refractivity contribution in [2.45, 2.75) is 59.2 Å². The van der Waals surface area contributed by atoms with Gasteiger partial charge in [-0.15, -0.1) is 11.3 Å². The number of thiophene rings is 1. The summed E-state index contributed by atoms with van der Waals surface area (Å²) in [6.45, 7) is 5.44. The van der Waals surface area contributed by atoms with E-state index in [0.29, 0.717) is 11.4 Å². The van der Waals surface area contributed by atoms with Gasteiger partial charge in [0.25, 0.3) is 0 Å². The van der Waals surface area contributed by atoms with Crippen LogP contribution in [0.2, 0.25) is 0 Å². The van der Waals surface area contributed by atoms with Crippen molar-refractivity contribution in [1.82, 2.24) is 0 Å². The molecule has 1 unspecified atom stereocenters. The molecule has 1 aromatic rings. The van der Waals surface area contributed by atoms with Crippen LogP contribution in [0.25, 0.3) is 0 Å². The zero-order chi connectivity index (χ0) is 15.0. The largest absolute Gasteiger partial charge is 0.402 e. The topological polar surface area (TPSA) is 38.4 Å². The van der Waals surface area contributed by atoms with Gasteiger partial charge in [-0.1, -0.05) is 26.2 Å². The molecule has 0 aromatic carbocycles. The highest BCUT2D eigenvalue weighted by molar-refractivity contribution is 7.12. The Labute approximate surface area is 125 Å². The van der Waals surface area contributed by atoms with Crippen LogP contribution in [-0.4, -0.2) is 12.0 Å². The number of alkyl halides is 1. The van der Waals surface area contributed by atoms with E-state index in [9.17, 15) is 4.39 Å². The van der Waals surface area contributed by atoms with Gasteiger partial charge in [-0.25, -0.2) is 9.38 Å². The second-order valence-corrected chi connectivity index (χ2v) is 5.98. The van der Waals surface area contributed by atoms with E-state index in [1.807, 2.05) is 5.38 Å². The van der Waals surface area contributed by atoms with E-state index in [2.05, 4.69) is 18.0 Å². The third-order valence-electron chi connectivity index (χ3n) is 2.96. The van der Waals surface area contributed by atoms with E-state index in [4.69, 9.17) is 5.73 Å². The molecule has 0 saturated carbocycles. The fourth-order valence-electron chi connectivity index (χ4n) is 2.07. The van der Waals surface area contributed by atoms with Gasteiger partial charge in [0.2, 0.25) is 0 Å². The van der Waals surface area contributed by atoms with Crippen molar-refractivity contribution in [3.05, 3.63) is 33.7 Å². The summed E-state index contributed by atoms with van der Waals surface area (Å²) >= 11 is 1.61. The predicted octanol–water partition coefficient (Wildman–Crippen LogP) is 4.84. The third-order valence-corrected chi connectivity index (χ3v) is 3.94. The number of unbranched alkanes of at least 4 members (excludes halogenated alkanes) is 3. The second-order valence-electron chi connectivity index (χ2n) is 5.06. The summed E-state index contributed by atoms with van der Waals surface area (Å²) in [7, 11) is 0. The van der Waals surface area contributed by atoms with Gasteiger partial charge in [0.05, 0.1) is 10.6 Å². The minimum atomic E-state index is -1.21. The van der Waals surface area contributed by atoms with E-state index in [-0.39, 0.29) is 0 Å². The summed E-state index contributed by atoms with van der Waals surface area (Å²) in [5.74, 6) is 0. The zero-order valence-corrected chi connectivity index (χ0v) is 13.5. The molecule has 1 atom stereocenters. The molecular formula is C16H25FN2S. The van der Waals surface area contributed by atoms with Crippen molar-refractivity contribution < 1.29 is 4.39 Å². The molecule has 0 aliphatic carbocycles. The summed E-state index contributed by atoms with van der Waals surface area (Å²) in [6.07, 6.45) is 6.48. The fraction of sp³-hybridized carbons (Fsp3) is 0.562. The van der Waals surface area contributed by atoms with Crippen molar-refractivity contribution in [2.24, 2.45) is 10.7 Å². The van der Waals surface area contributed by atoms with Gasteiger partial charge in [-0.3, -0.25) is 0 Å². The molecule has 2 N–H and O–H groups in total. The first kappa shape index (κ1) is 16.9. The summed E-state index contributed by atoms with van der Waals surface area (Å²) in [5, 5.41) is 2.04. The van der Waals surface area contributed by atoms with Crippen molar-refractivity contribution in [1.29, 1.82) is 0 Å². The molecule has 0 aliphatic heterocycles. The number of rotatable bonds is 8. The van der Waals surface area contributed by atoms with Gasteiger partial charge in [0, 0.05) is 5.70 Å². The van der Waals surface area contributed by atoms with Crippen LogP contribution in [0, 0.1) is 0 Å². The van der Waals surface area contributed by atoms with Crippen LogP contribution < -0.4 is 5.73 Å². The maximum Gasteiger partial charge on any atom is 0.187 e. The minimum Gasteiger partial charge on any atom is -0.402 e.